The zero-order valence-corrected chi connectivity index (χ0v) is 9.18. The van der Waals surface area contributed by atoms with Gasteiger partial charge in [-0.15, -0.1) is 0 Å². The van der Waals surface area contributed by atoms with E-state index in [1.807, 2.05) is 0 Å². The van der Waals surface area contributed by atoms with Crippen LogP contribution in [0.15, 0.2) is 16.5 Å². The van der Waals surface area contributed by atoms with Gasteiger partial charge in [-0.05, 0) is 6.07 Å². The molecule has 0 atom stereocenters. The Bertz CT molecular complexity index is 405. The first-order chi connectivity index (χ1) is 8.31. The van der Waals surface area contributed by atoms with E-state index in [9.17, 15) is 23.3 Å². The van der Waals surface area contributed by atoms with E-state index in [4.69, 9.17) is 9.52 Å². The van der Waals surface area contributed by atoms with Crippen LogP contribution in [-0.4, -0.2) is 40.8 Å². The molecule has 0 aliphatic heterocycles. The quantitative estimate of drug-likeness (QED) is 0.625. The number of hydrogen-bond acceptors (Lipinski definition) is 5. The number of alkyl halides is 3. The number of halogens is 3. The van der Waals surface area contributed by atoms with Crippen molar-refractivity contribution in [2.75, 3.05) is 19.7 Å². The molecule has 102 valence electrons. The van der Waals surface area contributed by atoms with Crippen molar-refractivity contribution in [1.29, 1.82) is 0 Å². The van der Waals surface area contributed by atoms with Gasteiger partial charge in [0.15, 0.2) is 0 Å². The van der Waals surface area contributed by atoms with E-state index in [0.29, 0.717) is 0 Å². The first-order valence-corrected chi connectivity index (χ1v) is 4.95. The van der Waals surface area contributed by atoms with Crippen molar-refractivity contribution in [2.24, 2.45) is 0 Å². The highest BCUT2D eigenvalue weighted by atomic mass is 19.4. The highest BCUT2D eigenvalue weighted by Crippen LogP contribution is 2.20. The van der Waals surface area contributed by atoms with Crippen molar-refractivity contribution in [1.82, 2.24) is 4.90 Å². The van der Waals surface area contributed by atoms with Crippen LogP contribution in [0.25, 0.3) is 0 Å². The molecule has 0 aliphatic carbocycles. The molecule has 0 fully saturated rings. The molecule has 1 aromatic rings. The van der Waals surface area contributed by atoms with E-state index in [1.165, 1.54) is 6.07 Å². The van der Waals surface area contributed by atoms with Crippen LogP contribution >= 0.6 is 0 Å². The number of rotatable bonds is 6. The van der Waals surface area contributed by atoms with E-state index < -0.39 is 30.1 Å². The number of hydrogen-bond donors (Lipinski definition) is 1. The summed E-state index contributed by atoms with van der Waals surface area (Å²) >= 11 is 0. The van der Waals surface area contributed by atoms with Crippen LogP contribution in [0.4, 0.5) is 19.1 Å². The summed E-state index contributed by atoms with van der Waals surface area (Å²) in [6.07, 6.45) is -4.41. The van der Waals surface area contributed by atoms with Crippen molar-refractivity contribution in [3.63, 3.8) is 0 Å². The fraction of sp³-hybridized carbons (Fsp3) is 0.556. The third-order valence-electron chi connectivity index (χ3n) is 2.03. The lowest BCUT2D eigenvalue weighted by molar-refractivity contribution is -0.402. The highest BCUT2D eigenvalue weighted by Gasteiger charge is 2.31. The van der Waals surface area contributed by atoms with Gasteiger partial charge in [-0.2, -0.15) is 13.2 Å². The minimum atomic E-state index is -4.41. The van der Waals surface area contributed by atoms with Crippen LogP contribution in [0.5, 0.6) is 0 Å². The third-order valence-corrected chi connectivity index (χ3v) is 2.03. The molecule has 1 aromatic heterocycles. The second-order valence-electron chi connectivity index (χ2n) is 3.55. The van der Waals surface area contributed by atoms with Gasteiger partial charge in [0.05, 0.1) is 25.8 Å². The summed E-state index contributed by atoms with van der Waals surface area (Å²) in [6.45, 7) is -2.12. The van der Waals surface area contributed by atoms with Crippen LogP contribution in [0, 0.1) is 10.1 Å². The summed E-state index contributed by atoms with van der Waals surface area (Å²) in [6, 6.07) is 2.30. The monoisotopic (exact) mass is 268 g/mol. The largest absolute Gasteiger partial charge is 0.433 e. The van der Waals surface area contributed by atoms with Crippen LogP contribution in [-0.2, 0) is 6.54 Å². The Balaban J connectivity index is 2.67. The number of nitro groups is 1. The Kier molecular flexibility index (Phi) is 4.68. The first-order valence-electron chi connectivity index (χ1n) is 4.95. The summed E-state index contributed by atoms with van der Waals surface area (Å²) in [5.74, 6) is -0.486. The predicted molar refractivity (Wildman–Crippen MR) is 53.8 cm³/mol. The van der Waals surface area contributed by atoms with Gasteiger partial charge in [0.1, 0.15) is 10.7 Å². The molecule has 1 rings (SSSR count). The molecule has 6 nitrogen and oxygen atoms in total. The second kappa shape index (κ2) is 5.83. The van der Waals surface area contributed by atoms with Gasteiger partial charge in [-0.3, -0.25) is 15.0 Å². The molecule has 1 heterocycles. The van der Waals surface area contributed by atoms with Crippen LogP contribution < -0.4 is 0 Å². The Morgan fingerprint density at radius 2 is 2.11 bits per heavy atom. The topological polar surface area (TPSA) is 79.8 Å². The Morgan fingerprint density at radius 1 is 1.44 bits per heavy atom. The SMILES string of the molecule is O=[N+]([O-])c1ccc(CN(CCO)CC(F)(F)F)o1. The molecule has 0 amide bonds. The van der Waals surface area contributed by atoms with Crippen molar-refractivity contribution in [2.45, 2.75) is 12.7 Å². The molecule has 0 radical (unpaired) electrons. The maximum Gasteiger partial charge on any atom is 0.433 e. The van der Waals surface area contributed by atoms with E-state index in [0.717, 1.165) is 11.0 Å². The molecule has 0 saturated heterocycles. The van der Waals surface area contributed by atoms with E-state index in [-0.39, 0.29) is 18.8 Å². The maximum atomic E-state index is 12.2. The van der Waals surface area contributed by atoms with E-state index in [2.05, 4.69) is 0 Å². The lowest BCUT2D eigenvalue weighted by atomic mass is 10.3. The standard InChI is InChI=1S/C9H11F3N2O4/c10-9(11,12)6-13(3-4-15)5-7-1-2-8(18-7)14(16)17/h1-2,15H,3-6H2. The molecule has 1 N–H and O–H groups in total. The Morgan fingerprint density at radius 3 is 2.56 bits per heavy atom. The molecule has 0 spiro atoms. The van der Waals surface area contributed by atoms with E-state index >= 15 is 0 Å². The van der Waals surface area contributed by atoms with Gasteiger partial charge in [-0.1, -0.05) is 0 Å². The lowest BCUT2D eigenvalue weighted by Crippen LogP contribution is -2.35. The number of aliphatic hydroxyl groups excluding tert-OH is 1. The first kappa shape index (κ1) is 14.5. The average Bonchev–Trinajstić information content (AvgIpc) is 2.64. The molecule has 0 unspecified atom stereocenters. The molecule has 0 aromatic carbocycles. The van der Waals surface area contributed by atoms with Gasteiger partial charge in [0.25, 0.3) is 0 Å². The van der Waals surface area contributed by atoms with Crippen LogP contribution in [0.1, 0.15) is 5.76 Å². The third kappa shape index (κ3) is 4.72. The fourth-order valence-corrected chi connectivity index (χ4v) is 1.38. The Labute approximate surface area is 99.8 Å². The zero-order chi connectivity index (χ0) is 13.8. The normalized spacial score (nSPS) is 12.1. The van der Waals surface area contributed by atoms with Gasteiger partial charge in [0.2, 0.25) is 0 Å². The van der Waals surface area contributed by atoms with Crippen molar-refractivity contribution >= 4 is 5.88 Å². The van der Waals surface area contributed by atoms with Crippen molar-refractivity contribution < 1.29 is 27.6 Å². The summed E-state index contributed by atoms with van der Waals surface area (Å²) in [4.78, 5) is 10.5. The van der Waals surface area contributed by atoms with E-state index in [1.54, 1.807) is 0 Å². The van der Waals surface area contributed by atoms with Crippen LogP contribution in [0.2, 0.25) is 0 Å². The van der Waals surface area contributed by atoms with Crippen molar-refractivity contribution in [3.8, 4) is 0 Å². The maximum absolute atomic E-state index is 12.2. The molecular formula is C9H11F3N2O4. The lowest BCUT2D eigenvalue weighted by Gasteiger charge is -2.21. The molecule has 9 heteroatoms. The summed E-state index contributed by atoms with van der Waals surface area (Å²) in [5.41, 5.74) is 0. The van der Waals surface area contributed by atoms with Crippen LogP contribution in [0.3, 0.4) is 0 Å². The average molecular weight is 268 g/mol. The Hall–Kier alpha value is -1.61. The fourth-order valence-electron chi connectivity index (χ4n) is 1.38. The van der Waals surface area contributed by atoms with Gasteiger partial charge in [-0.25, -0.2) is 0 Å². The minimum Gasteiger partial charge on any atom is -0.404 e. The zero-order valence-electron chi connectivity index (χ0n) is 9.18. The number of aliphatic hydroxyl groups is 1. The van der Waals surface area contributed by atoms with Gasteiger partial charge in [0, 0.05) is 6.54 Å². The molecule has 0 aliphatic rings. The molecule has 0 saturated carbocycles. The highest BCUT2D eigenvalue weighted by molar-refractivity contribution is 5.17. The van der Waals surface area contributed by atoms with Crippen molar-refractivity contribution in [3.05, 3.63) is 28.0 Å². The summed E-state index contributed by atoms with van der Waals surface area (Å²) < 4.78 is 41.4. The number of furan rings is 1. The predicted octanol–water partition coefficient (Wildman–Crippen LogP) is 1.54. The van der Waals surface area contributed by atoms with Gasteiger partial charge < -0.3 is 9.52 Å². The summed E-state index contributed by atoms with van der Waals surface area (Å²) in [5, 5.41) is 19.0. The summed E-state index contributed by atoms with van der Waals surface area (Å²) in [7, 11) is 0. The molecular weight excluding hydrogens is 257 g/mol. The second-order valence-corrected chi connectivity index (χ2v) is 3.55. The van der Waals surface area contributed by atoms with Gasteiger partial charge >= 0.3 is 12.1 Å². The minimum absolute atomic E-state index is 0.0411. The smallest absolute Gasteiger partial charge is 0.404 e. The molecule has 18 heavy (non-hydrogen) atoms. The number of nitrogens with zero attached hydrogens (tertiary/aromatic N) is 2. The molecule has 0 bridgehead atoms.